The Morgan fingerprint density at radius 1 is 0.938 bits per heavy atom. The summed E-state index contributed by atoms with van der Waals surface area (Å²) in [4.78, 5) is 0. The molecule has 2 nitrogen and oxygen atoms in total. The molecule has 94 valence electrons. The summed E-state index contributed by atoms with van der Waals surface area (Å²) in [5, 5.41) is 3.61. The van der Waals surface area contributed by atoms with Gasteiger partial charge in [0.15, 0.2) is 0 Å². The van der Waals surface area contributed by atoms with Gasteiger partial charge in [0.05, 0.1) is 12.2 Å². The summed E-state index contributed by atoms with van der Waals surface area (Å²) < 4.78 is 5.81. The maximum atomic E-state index is 5.81. The molecule has 0 aromatic rings. The van der Waals surface area contributed by atoms with Gasteiger partial charge in [-0.1, -0.05) is 19.8 Å². The molecule has 2 aliphatic rings. The SMILES string of the molecule is CC1CCC(CNCC2CCC(C)O2)CC1. The molecule has 2 unspecified atom stereocenters. The normalized spacial score (nSPS) is 40.1. The van der Waals surface area contributed by atoms with Crippen molar-refractivity contribution in [1.29, 1.82) is 0 Å². The van der Waals surface area contributed by atoms with Crippen LogP contribution in [-0.4, -0.2) is 25.3 Å². The second kappa shape index (κ2) is 6.02. The maximum absolute atomic E-state index is 5.81. The zero-order chi connectivity index (χ0) is 11.4. The Morgan fingerprint density at radius 2 is 1.69 bits per heavy atom. The average Bonchev–Trinajstić information content (AvgIpc) is 2.67. The van der Waals surface area contributed by atoms with Gasteiger partial charge in [0.25, 0.3) is 0 Å². The maximum Gasteiger partial charge on any atom is 0.0704 e. The molecule has 0 bridgehead atoms. The van der Waals surface area contributed by atoms with Gasteiger partial charge in [-0.3, -0.25) is 0 Å². The van der Waals surface area contributed by atoms with Gasteiger partial charge in [-0.15, -0.1) is 0 Å². The molecule has 2 atom stereocenters. The lowest BCUT2D eigenvalue weighted by atomic mass is 9.83. The first-order valence-corrected chi connectivity index (χ1v) is 7.10. The predicted molar refractivity (Wildman–Crippen MR) is 67.6 cm³/mol. The molecule has 0 spiro atoms. The van der Waals surface area contributed by atoms with Crippen molar-refractivity contribution >= 4 is 0 Å². The highest BCUT2D eigenvalue weighted by atomic mass is 16.5. The van der Waals surface area contributed by atoms with E-state index in [2.05, 4.69) is 19.2 Å². The van der Waals surface area contributed by atoms with E-state index in [9.17, 15) is 0 Å². The van der Waals surface area contributed by atoms with Crippen molar-refractivity contribution in [3.05, 3.63) is 0 Å². The van der Waals surface area contributed by atoms with Gasteiger partial charge in [-0.05, 0) is 51.0 Å². The van der Waals surface area contributed by atoms with Crippen LogP contribution in [0.15, 0.2) is 0 Å². The highest BCUT2D eigenvalue weighted by Crippen LogP contribution is 2.27. The quantitative estimate of drug-likeness (QED) is 0.794. The minimum absolute atomic E-state index is 0.484. The van der Waals surface area contributed by atoms with Crippen molar-refractivity contribution in [2.45, 2.75) is 64.6 Å². The summed E-state index contributed by atoms with van der Waals surface area (Å²) in [6.07, 6.45) is 9.18. The molecule has 0 aromatic carbocycles. The zero-order valence-corrected chi connectivity index (χ0v) is 10.9. The van der Waals surface area contributed by atoms with Crippen molar-refractivity contribution in [3.63, 3.8) is 0 Å². The molecule has 0 amide bonds. The second-order valence-corrected chi connectivity index (χ2v) is 5.93. The topological polar surface area (TPSA) is 21.3 Å². The van der Waals surface area contributed by atoms with Crippen LogP contribution in [-0.2, 0) is 4.74 Å². The lowest BCUT2D eigenvalue weighted by Gasteiger charge is -2.26. The van der Waals surface area contributed by atoms with Gasteiger partial charge in [0.2, 0.25) is 0 Å². The molecule has 0 radical (unpaired) electrons. The number of ether oxygens (including phenoxy) is 1. The van der Waals surface area contributed by atoms with Crippen molar-refractivity contribution in [3.8, 4) is 0 Å². The van der Waals surface area contributed by atoms with Crippen LogP contribution >= 0.6 is 0 Å². The molecule has 1 N–H and O–H groups in total. The largest absolute Gasteiger partial charge is 0.374 e. The third kappa shape index (κ3) is 3.74. The van der Waals surface area contributed by atoms with E-state index in [0.29, 0.717) is 12.2 Å². The molecule has 2 rings (SSSR count). The summed E-state index contributed by atoms with van der Waals surface area (Å²) >= 11 is 0. The van der Waals surface area contributed by atoms with E-state index in [1.807, 2.05) is 0 Å². The van der Waals surface area contributed by atoms with E-state index in [4.69, 9.17) is 4.74 Å². The van der Waals surface area contributed by atoms with E-state index < -0.39 is 0 Å². The Balaban J connectivity index is 1.54. The Labute approximate surface area is 100 Å². The number of hydrogen-bond acceptors (Lipinski definition) is 2. The van der Waals surface area contributed by atoms with E-state index >= 15 is 0 Å². The van der Waals surface area contributed by atoms with Crippen LogP contribution in [0.4, 0.5) is 0 Å². The fourth-order valence-corrected chi connectivity index (χ4v) is 3.02. The molecular formula is C14H27NO. The third-order valence-electron chi connectivity index (χ3n) is 4.26. The Hall–Kier alpha value is -0.0800. The van der Waals surface area contributed by atoms with E-state index in [0.717, 1.165) is 18.4 Å². The Bertz CT molecular complexity index is 199. The first kappa shape index (κ1) is 12.4. The molecule has 1 heterocycles. The van der Waals surface area contributed by atoms with Crippen molar-refractivity contribution < 1.29 is 4.74 Å². The minimum atomic E-state index is 0.484. The van der Waals surface area contributed by atoms with Crippen LogP contribution < -0.4 is 5.32 Å². The van der Waals surface area contributed by atoms with Gasteiger partial charge >= 0.3 is 0 Å². The average molecular weight is 225 g/mol. The molecule has 1 saturated carbocycles. The molecule has 1 aliphatic heterocycles. The van der Waals surface area contributed by atoms with E-state index in [-0.39, 0.29) is 0 Å². The van der Waals surface area contributed by atoms with Crippen molar-refractivity contribution in [1.82, 2.24) is 5.32 Å². The highest BCUT2D eigenvalue weighted by Gasteiger charge is 2.22. The summed E-state index contributed by atoms with van der Waals surface area (Å²) in [7, 11) is 0. The fourth-order valence-electron chi connectivity index (χ4n) is 3.02. The van der Waals surface area contributed by atoms with Gasteiger partial charge < -0.3 is 10.1 Å². The van der Waals surface area contributed by atoms with Gasteiger partial charge in [0.1, 0.15) is 0 Å². The minimum Gasteiger partial charge on any atom is -0.374 e. The van der Waals surface area contributed by atoms with Gasteiger partial charge in [-0.2, -0.15) is 0 Å². The van der Waals surface area contributed by atoms with Crippen molar-refractivity contribution in [2.75, 3.05) is 13.1 Å². The van der Waals surface area contributed by atoms with E-state index in [1.165, 1.54) is 45.1 Å². The van der Waals surface area contributed by atoms with Crippen LogP contribution in [0.2, 0.25) is 0 Å². The van der Waals surface area contributed by atoms with Crippen LogP contribution in [0.3, 0.4) is 0 Å². The molecule has 16 heavy (non-hydrogen) atoms. The molecular weight excluding hydrogens is 198 g/mol. The lowest BCUT2D eigenvalue weighted by molar-refractivity contribution is 0.0551. The molecule has 0 aromatic heterocycles. The number of rotatable bonds is 4. The van der Waals surface area contributed by atoms with Crippen LogP contribution in [0.1, 0.15) is 52.4 Å². The van der Waals surface area contributed by atoms with E-state index in [1.54, 1.807) is 0 Å². The van der Waals surface area contributed by atoms with Crippen LogP contribution in [0.25, 0.3) is 0 Å². The van der Waals surface area contributed by atoms with Gasteiger partial charge in [0, 0.05) is 6.54 Å². The Kier molecular flexibility index (Phi) is 4.66. The molecule has 1 saturated heterocycles. The molecule has 1 aliphatic carbocycles. The first-order chi connectivity index (χ1) is 7.74. The van der Waals surface area contributed by atoms with Gasteiger partial charge in [-0.25, -0.2) is 0 Å². The summed E-state index contributed by atoms with van der Waals surface area (Å²) in [5.74, 6) is 1.89. The standard InChI is InChI=1S/C14H27NO/c1-11-3-6-13(7-4-11)9-15-10-14-8-5-12(2)16-14/h11-15H,3-10H2,1-2H3. The lowest BCUT2D eigenvalue weighted by Crippen LogP contribution is -2.32. The molecule has 2 fully saturated rings. The number of nitrogens with one attached hydrogen (secondary N) is 1. The zero-order valence-electron chi connectivity index (χ0n) is 10.9. The smallest absolute Gasteiger partial charge is 0.0704 e. The monoisotopic (exact) mass is 225 g/mol. The second-order valence-electron chi connectivity index (χ2n) is 5.93. The molecule has 2 heteroatoms. The fraction of sp³-hybridized carbons (Fsp3) is 1.00. The highest BCUT2D eigenvalue weighted by molar-refractivity contribution is 4.75. The summed E-state index contributed by atoms with van der Waals surface area (Å²) in [6.45, 7) is 6.84. The van der Waals surface area contributed by atoms with Crippen molar-refractivity contribution in [2.24, 2.45) is 11.8 Å². The summed E-state index contributed by atoms with van der Waals surface area (Å²) in [6, 6.07) is 0. The first-order valence-electron chi connectivity index (χ1n) is 7.10. The predicted octanol–water partition coefficient (Wildman–Crippen LogP) is 2.97. The van der Waals surface area contributed by atoms with Crippen LogP contribution in [0, 0.1) is 11.8 Å². The third-order valence-corrected chi connectivity index (χ3v) is 4.26. The Morgan fingerprint density at radius 3 is 2.31 bits per heavy atom. The number of hydrogen-bond donors (Lipinski definition) is 1. The van der Waals surface area contributed by atoms with Crippen LogP contribution in [0.5, 0.6) is 0 Å². The summed E-state index contributed by atoms with van der Waals surface area (Å²) in [5.41, 5.74) is 0.